The Bertz CT molecular complexity index is 1260. The van der Waals surface area contributed by atoms with Gasteiger partial charge in [0.1, 0.15) is 12.1 Å². The molecule has 0 aliphatic carbocycles. The number of unbranched alkanes of at least 4 members (excludes halogenated alkanes) is 22. The topological polar surface area (TPSA) is 124 Å². The lowest BCUT2D eigenvalue weighted by Gasteiger charge is -2.34. The molecule has 0 aromatic heterocycles. The van der Waals surface area contributed by atoms with Crippen LogP contribution in [0.1, 0.15) is 221 Å². The van der Waals surface area contributed by atoms with E-state index in [4.69, 9.17) is 9.47 Å². The van der Waals surface area contributed by atoms with Gasteiger partial charge in [-0.1, -0.05) is 169 Å². The number of hydrogen-bond acceptors (Lipinski definition) is 8. The van der Waals surface area contributed by atoms with Gasteiger partial charge in [0.05, 0.1) is 26.4 Å². The fourth-order valence-electron chi connectivity index (χ4n) is 9.07. The van der Waals surface area contributed by atoms with Crippen LogP contribution in [0, 0.1) is 11.8 Å². The first kappa shape index (κ1) is 69.2. The van der Waals surface area contributed by atoms with E-state index in [1.165, 1.54) is 116 Å². The van der Waals surface area contributed by atoms with Crippen LogP contribution in [0.4, 0.5) is 0 Å². The molecule has 0 saturated heterocycles. The average molecular weight is 1020 g/mol. The van der Waals surface area contributed by atoms with Crippen molar-refractivity contribution in [2.24, 2.45) is 11.8 Å². The lowest BCUT2D eigenvalue weighted by atomic mass is 10.00. The van der Waals surface area contributed by atoms with E-state index in [1.54, 1.807) is 9.80 Å². The zero-order valence-electron chi connectivity index (χ0n) is 48.7. The van der Waals surface area contributed by atoms with E-state index in [0.29, 0.717) is 78.5 Å². The van der Waals surface area contributed by atoms with Gasteiger partial charge in [0, 0.05) is 52.1 Å². The van der Waals surface area contributed by atoms with Gasteiger partial charge in [-0.2, -0.15) is 0 Å². The van der Waals surface area contributed by atoms with Crippen molar-refractivity contribution in [3.63, 3.8) is 0 Å². The fraction of sp³-hybridized carbons (Fsp3) is 0.867. The first-order valence-electron chi connectivity index (χ1n) is 29.7. The van der Waals surface area contributed by atoms with Crippen molar-refractivity contribution in [3.05, 3.63) is 24.3 Å². The fourth-order valence-corrected chi connectivity index (χ4v) is 9.07. The van der Waals surface area contributed by atoms with Gasteiger partial charge >= 0.3 is 0 Å². The number of carbonyl (C=O) groups is 4. The maximum absolute atomic E-state index is 13.6. The predicted octanol–water partition coefficient (Wildman–Crippen LogP) is 12.2. The molecule has 0 rings (SSSR count). The van der Waals surface area contributed by atoms with E-state index in [2.05, 4.69) is 58.6 Å². The zero-order chi connectivity index (χ0) is 53.5. The highest BCUT2D eigenvalue weighted by atomic mass is 16.5. The van der Waals surface area contributed by atoms with Gasteiger partial charge in [-0.3, -0.25) is 19.2 Å². The van der Waals surface area contributed by atoms with Crippen molar-refractivity contribution in [1.82, 2.24) is 30.2 Å². The summed E-state index contributed by atoms with van der Waals surface area (Å²) in [6.45, 7) is 16.9. The van der Waals surface area contributed by atoms with Crippen LogP contribution in [-0.2, 0) is 28.7 Å². The van der Waals surface area contributed by atoms with Crippen LogP contribution in [0.25, 0.3) is 0 Å². The van der Waals surface area contributed by atoms with Crippen LogP contribution in [0.15, 0.2) is 24.3 Å². The molecule has 0 heterocycles. The zero-order valence-corrected chi connectivity index (χ0v) is 48.7. The van der Waals surface area contributed by atoms with Gasteiger partial charge in [-0.25, -0.2) is 0 Å². The Hall–Kier alpha value is -2.80. The molecule has 0 aromatic carbocycles. The molecule has 72 heavy (non-hydrogen) atoms. The number of likely N-dealkylation sites (N-methyl/N-ethyl adjacent to an activating group) is 2. The van der Waals surface area contributed by atoms with Gasteiger partial charge in [0.25, 0.3) is 0 Å². The first-order chi connectivity index (χ1) is 34.8. The molecule has 12 heteroatoms. The summed E-state index contributed by atoms with van der Waals surface area (Å²) in [4.78, 5) is 62.1. The maximum Gasteiger partial charge on any atom is 0.243 e. The van der Waals surface area contributed by atoms with Crippen LogP contribution in [0.3, 0.4) is 0 Å². The predicted molar refractivity (Wildman–Crippen MR) is 304 cm³/mol. The minimum absolute atomic E-state index is 0.0422. The molecule has 0 saturated carbocycles. The third-order valence-corrected chi connectivity index (χ3v) is 13.5. The lowest BCUT2D eigenvalue weighted by Crippen LogP contribution is -2.54. The van der Waals surface area contributed by atoms with E-state index >= 15 is 0 Å². The van der Waals surface area contributed by atoms with Crippen LogP contribution in [0.5, 0.6) is 0 Å². The van der Waals surface area contributed by atoms with Crippen molar-refractivity contribution in [3.8, 4) is 0 Å². The van der Waals surface area contributed by atoms with Crippen molar-refractivity contribution in [2.75, 3.05) is 93.9 Å². The summed E-state index contributed by atoms with van der Waals surface area (Å²) < 4.78 is 11.5. The Balaban J connectivity index is 4.65. The molecule has 4 amide bonds. The Morgan fingerprint density at radius 3 is 0.986 bits per heavy atom. The van der Waals surface area contributed by atoms with Gasteiger partial charge in [0.2, 0.25) is 23.6 Å². The van der Waals surface area contributed by atoms with E-state index in [9.17, 15) is 19.2 Å². The normalized spacial score (nSPS) is 12.8. The summed E-state index contributed by atoms with van der Waals surface area (Å²) >= 11 is 0. The summed E-state index contributed by atoms with van der Waals surface area (Å²) in [7, 11) is 7.96. The van der Waals surface area contributed by atoms with Crippen molar-refractivity contribution < 1.29 is 28.7 Å². The monoisotopic (exact) mass is 1020 g/mol. The number of nitrogens with zero attached hydrogens (tertiary/aromatic N) is 4. The molecule has 12 nitrogen and oxygen atoms in total. The maximum atomic E-state index is 13.6. The number of amides is 4. The van der Waals surface area contributed by atoms with Crippen LogP contribution in [0.2, 0.25) is 0 Å². The number of nitrogens with one attached hydrogen (secondary N) is 2. The van der Waals surface area contributed by atoms with Crippen LogP contribution < -0.4 is 10.6 Å². The Labute approximate surface area is 444 Å². The number of ether oxygens (including phenoxy) is 2. The largest absolute Gasteiger partial charge is 0.377 e. The smallest absolute Gasteiger partial charge is 0.243 e. The SMILES string of the molecule is CCCCCCCC/C=C\CCCCCCCC(=O)N(CCN(C)C)C(C(=O)NCCOCCOCCNC(=O)C(C(C)C)N(CCN(C)C)C(=O)CCCCCCC/C=C\CCCCCCCC)C(C)C. The van der Waals surface area contributed by atoms with Gasteiger partial charge in [-0.15, -0.1) is 0 Å². The second-order valence-corrected chi connectivity index (χ2v) is 21.6. The Kier molecular flexibility index (Phi) is 47.2. The Morgan fingerprint density at radius 1 is 0.403 bits per heavy atom. The van der Waals surface area contributed by atoms with E-state index < -0.39 is 12.1 Å². The van der Waals surface area contributed by atoms with E-state index in [1.807, 2.05) is 55.9 Å². The van der Waals surface area contributed by atoms with Gasteiger partial charge in [-0.05, 0) is 104 Å². The molecule has 0 fully saturated rings. The lowest BCUT2D eigenvalue weighted by molar-refractivity contribution is -0.142. The van der Waals surface area contributed by atoms with E-state index in [-0.39, 0.29) is 35.5 Å². The molecular weight excluding hydrogens is 901 g/mol. The highest BCUT2D eigenvalue weighted by Crippen LogP contribution is 2.18. The molecule has 2 N–H and O–H groups in total. The highest BCUT2D eigenvalue weighted by Gasteiger charge is 2.33. The third-order valence-electron chi connectivity index (χ3n) is 13.5. The number of rotatable bonds is 51. The minimum atomic E-state index is -0.551. The molecule has 0 aromatic rings. The molecule has 0 bridgehead atoms. The summed E-state index contributed by atoms with van der Waals surface area (Å²) in [5, 5.41) is 6.04. The molecule has 422 valence electrons. The summed E-state index contributed by atoms with van der Waals surface area (Å²) in [6, 6.07) is -1.10. The quantitative estimate of drug-likeness (QED) is 0.0456. The summed E-state index contributed by atoms with van der Waals surface area (Å²) in [5.41, 5.74) is 0. The standard InChI is InChI=1S/C60H116N6O6/c1-11-13-15-17-19-21-23-25-27-29-31-33-35-37-39-41-55(67)65(47-45-63(7)8)57(53(3)4)59(69)61-43-49-71-51-52-72-50-44-62-60(70)58(54(5)6)66(48-46-64(9)10)56(68)42-40-38-36-34-32-30-28-26-24-22-20-18-16-14-12-2/h25-28,53-54,57-58H,11-24,29-52H2,1-10H3,(H,61,69)(H,62,70)/b27-25-,28-26-. The second-order valence-electron chi connectivity index (χ2n) is 21.6. The van der Waals surface area contributed by atoms with Crippen molar-refractivity contribution >= 4 is 23.6 Å². The molecular formula is C60H116N6O6. The average Bonchev–Trinajstić information content (AvgIpc) is 3.33. The first-order valence-corrected chi connectivity index (χ1v) is 29.7. The molecule has 0 spiro atoms. The molecule has 0 aliphatic rings. The summed E-state index contributed by atoms with van der Waals surface area (Å²) in [5.74, 6) is -0.290. The molecule has 0 radical (unpaired) electrons. The molecule has 2 unspecified atom stereocenters. The van der Waals surface area contributed by atoms with Crippen molar-refractivity contribution in [1.29, 1.82) is 0 Å². The highest BCUT2D eigenvalue weighted by molar-refractivity contribution is 5.88. The molecule has 2 atom stereocenters. The Morgan fingerprint density at radius 2 is 0.694 bits per heavy atom. The van der Waals surface area contributed by atoms with Crippen molar-refractivity contribution in [2.45, 2.75) is 233 Å². The minimum Gasteiger partial charge on any atom is -0.377 e. The summed E-state index contributed by atoms with van der Waals surface area (Å²) in [6.07, 6.45) is 41.8. The third kappa shape index (κ3) is 39.6. The second kappa shape index (κ2) is 49.1. The van der Waals surface area contributed by atoms with E-state index in [0.717, 1.165) is 51.4 Å². The van der Waals surface area contributed by atoms with Crippen LogP contribution in [-0.4, -0.2) is 149 Å². The van der Waals surface area contributed by atoms with Gasteiger partial charge in [0.15, 0.2) is 0 Å². The van der Waals surface area contributed by atoms with Gasteiger partial charge < -0.3 is 39.7 Å². The number of hydrogen-bond donors (Lipinski definition) is 2. The van der Waals surface area contributed by atoms with Crippen LogP contribution >= 0.6 is 0 Å². The number of allylic oxidation sites excluding steroid dienone is 4. The number of carbonyl (C=O) groups excluding carboxylic acids is 4. The molecule has 0 aliphatic heterocycles.